The minimum absolute atomic E-state index is 0.308. The average molecular weight is 447 g/mol. The summed E-state index contributed by atoms with van der Waals surface area (Å²) in [5.74, 6) is 1.60. The van der Waals surface area contributed by atoms with Crippen LogP contribution in [0.4, 0.5) is 5.69 Å². The molecule has 2 aromatic heterocycles. The molecular formula is C25H25N3O5. The third-order valence-corrected chi connectivity index (χ3v) is 4.74. The molecular weight excluding hydrogens is 422 g/mol. The zero-order valence-corrected chi connectivity index (χ0v) is 18.8. The van der Waals surface area contributed by atoms with Gasteiger partial charge in [-0.05, 0) is 63.2 Å². The standard InChI is InChI=1S/C25H25N3O5/c1-4-30-21-13-17(14-22(31-5-2)23(21)32-6-3)24(29)27-18-7-8-20-19(15-18)28-25(33-20)16-9-11-26-12-10-16/h7-15H,4-6H2,1-3H3,(H,27,29). The maximum atomic E-state index is 13.0. The van der Waals surface area contributed by atoms with Gasteiger partial charge in [0.15, 0.2) is 17.1 Å². The number of rotatable bonds is 9. The lowest BCUT2D eigenvalue weighted by Crippen LogP contribution is -2.13. The smallest absolute Gasteiger partial charge is 0.255 e. The lowest BCUT2D eigenvalue weighted by Gasteiger charge is -2.17. The minimum atomic E-state index is -0.308. The van der Waals surface area contributed by atoms with Crippen LogP contribution in [0.25, 0.3) is 22.6 Å². The first-order valence-electron chi connectivity index (χ1n) is 10.8. The summed E-state index contributed by atoms with van der Waals surface area (Å²) in [6, 6.07) is 12.3. The molecule has 1 amide bonds. The monoisotopic (exact) mass is 447 g/mol. The third kappa shape index (κ3) is 4.90. The number of ether oxygens (including phenoxy) is 3. The van der Waals surface area contributed by atoms with Crippen molar-refractivity contribution in [1.82, 2.24) is 9.97 Å². The first-order chi connectivity index (χ1) is 16.1. The van der Waals surface area contributed by atoms with Crippen LogP contribution in [0.15, 0.2) is 59.3 Å². The topological polar surface area (TPSA) is 95.7 Å². The first kappa shape index (κ1) is 22.1. The van der Waals surface area contributed by atoms with E-state index in [1.165, 1.54) is 0 Å². The van der Waals surface area contributed by atoms with Crippen molar-refractivity contribution in [2.45, 2.75) is 20.8 Å². The molecule has 0 fully saturated rings. The van der Waals surface area contributed by atoms with Crippen LogP contribution in [0.3, 0.4) is 0 Å². The van der Waals surface area contributed by atoms with E-state index in [4.69, 9.17) is 18.6 Å². The summed E-state index contributed by atoms with van der Waals surface area (Å²) in [5, 5.41) is 2.91. The van der Waals surface area contributed by atoms with Crippen molar-refractivity contribution in [2.75, 3.05) is 25.1 Å². The zero-order valence-electron chi connectivity index (χ0n) is 18.8. The van der Waals surface area contributed by atoms with E-state index in [1.54, 1.807) is 42.7 Å². The van der Waals surface area contributed by atoms with Crippen LogP contribution in [-0.4, -0.2) is 35.7 Å². The zero-order chi connectivity index (χ0) is 23.2. The van der Waals surface area contributed by atoms with Crippen molar-refractivity contribution in [3.05, 3.63) is 60.4 Å². The van der Waals surface area contributed by atoms with Crippen molar-refractivity contribution in [3.63, 3.8) is 0 Å². The molecule has 0 aliphatic carbocycles. The van der Waals surface area contributed by atoms with Gasteiger partial charge in [-0.2, -0.15) is 0 Å². The van der Waals surface area contributed by atoms with Crippen molar-refractivity contribution in [3.8, 4) is 28.7 Å². The van der Waals surface area contributed by atoms with Crippen LogP contribution >= 0.6 is 0 Å². The Morgan fingerprint density at radius 3 is 2.21 bits per heavy atom. The quantitative estimate of drug-likeness (QED) is 0.370. The number of nitrogens with one attached hydrogen (secondary N) is 1. The Balaban J connectivity index is 1.61. The molecule has 0 bridgehead atoms. The number of carbonyl (C=O) groups excluding carboxylic acids is 1. The molecule has 0 spiro atoms. The summed E-state index contributed by atoms with van der Waals surface area (Å²) in [4.78, 5) is 21.6. The predicted molar refractivity (Wildman–Crippen MR) is 125 cm³/mol. The fraction of sp³-hybridized carbons (Fsp3) is 0.240. The number of fused-ring (bicyclic) bond motifs is 1. The van der Waals surface area contributed by atoms with Crippen LogP contribution in [0.1, 0.15) is 31.1 Å². The third-order valence-electron chi connectivity index (χ3n) is 4.74. The Morgan fingerprint density at radius 2 is 1.58 bits per heavy atom. The number of amides is 1. The van der Waals surface area contributed by atoms with Gasteiger partial charge in [0, 0.05) is 29.2 Å². The van der Waals surface area contributed by atoms with E-state index in [0.29, 0.717) is 65.3 Å². The van der Waals surface area contributed by atoms with Gasteiger partial charge in [0.1, 0.15) is 5.52 Å². The Bertz CT molecular complexity index is 1230. The predicted octanol–water partition coefficient (Wildman–Crippen LogP) is 5.34. The second-order valence-electron chi connectivity index (χ2n) is 6.99. The highest BCUT2D eigenvalue weighted by Gasteiger charge is 2.19. The van der Waals surface area contributed by atoms with Crippen LogP contribution in [0.2, 0.25) is 0 Å². The number of nitrogens with zero attached hydrogens (tertiary/aromatic N) is 2. The molecule has 4 aromatic rings. The van der Waals surface area contributed by atoms with Crippen molar-refractivity contribution >= 4 is 22.7 Å². The van der Waals surface area contributed by atoms with E-state index in [0.717, 1.165) is 5.56 Å². The number of benzene rings is 2. The molecule has 33 heavy (non-hydrogen) atoms. The molecule has 8 heteroatoms. The van der Waals surface area contributed by atoms with E-state index < -0.39 is 0 Å². The second-order valence-corrected chi connectivity index (χ2v) is 6.99. The fourth-order valence-electron chi connectivity index (χ4n) is 3.35. The molecule has 8 nitrogen and oxygen atoms in total. The van der Waals surface area contributed by atoms with Crippen molar-refractivity contribution in [1.29, 1.82) is 0 Å². The van der Waals surface area contributed by atoms with E-state index in [1.807, 2.05) is 32.9 Å². The van der Waals surface area contributed by atoms with Gasteiger partial charge in [-0.1, -0.05) is 0 Å². The van der Waals surface area contributed by atoms with Crippen LogP contribution in [0.5, 0.6) is 17.2 Å². The van der Waals surface area contributed by atoms with E-state index >= 15 is 0 Å². The van der Waals surface area contributed by atoms with E-state index in [9.17, 15) is 4.79 Å². The largest absolute Gasteiger partial charge is 0.490 e. The van der Waals surface area contributed by atoms with Gasteiger partial charge in [0.05, 0.1) is 19.8 Å². The molecule has 1 N–H and O–H groups in total. The molecule has 0 unspecified atom stereocenters. The maximum absolute atomic E-state index is 13.0. The minimum Gasteiger partial charge on any atom is -0.490 e. The van der Waals surface area contributed by atoms with Gasteiger partial charge in [0.25, 0.3) is 5.91 Å². The Hall–Kier alpha value is -4.07. The highest BCUT2D eigenvalue weighted by atomic mass is 16.5. The number of oxazole rings is 1. The van der Waals surface area contributed by atoms with Crippen LogP contribution in [0, 0.1) is 0 Å². The first-order valence-corrected chi connectivity index (χ1v) is 10.8. The molecule has 0 atom stereocenters. The number of hydrogen-bond acceptors (Lipinski definition) is 7. The Morgan fingerprint density at radius 1 is 0.909 bits per heavy atom. The SMILES string of the molecule is CCOc1cc(C(=O)Nc2ccc3oc(-c4ccncc4)nc3c2)cc(OCC)c1OCC. The number of carbonyl (C=O) groups is 1. The summed E-state index contributed by atoms with van der Waals surface area (Å²) in [6.07, 6.45) is 3.36. The lowest BCUT2D eigenvalue weighted by molar-refractivity contribution is 0.102. The fourth-order valence-corrected chi connectivity index (χ4v) is 3.35. The highest BCUT2D eigenvalue weighted by molar-refractivity contribution is 6.05. The molecule has 0 saturated heterocycles. The molecule has 170 valence electrons. The maximum Gasteiger partial charge on any atom is 0.255 e. The molecule has 2 heterocycles. The molecule has 4 rings (SSSR count). The molecule has 0 radical (unpaired) electrons. The van der Waals surface area contributed by atoms with Gasteiger partial charge >= 0.3 is 0 Å². The second kappa shape index (κ2) is 10.0. The van der Waals surface area contributed by atoms with Gasteiger partial charge in [-0.25, -0.2) is 4.98 Å². The number of anilines is 1. The normalized spacial score (nSPS) is 10.8. The van der Waals surface area contributed by atoms with Crippen molar-refractivity contribution < 1.29 is 23.4 Å². The molecule has 0 saturated carbocycles. The number of hydrogen-bond donors (Lipinski definition) is 1. The molecule has 0 aliphatic heterocycles. The molecule has 2 aromatic carbocycles. The summed E-state index contributed by atoms with van der Waals surface area (Å²) in [6.45, 7) is 6.93. The Labute approximate surface area is 191 Å². The van der Waals surface area contributed by atoms with E-state index in [-0.39, 0.29) is 5.91 Å². The van der Waals surface area contributed by atoms with Crippen LogP contribution in [-0.2, 0) is 0 Å². The Kier molecular flexibility index (Phi) is 6.73. The summed E-state index contributed by atoms with van der Waals surface area (Å²) in [5.41, 5.74) is 3.07. The van der Waals surface area contributed by atoms with Gasteiger partial charge in [0.2, 0.25) is 11.6 Å². The van der Waals surface area contributed by atoms with Crippen LogP contribution < -0.4 is 19.5 Å². The van der Waals surface area contributed by atoms with Gasteiger partial charge in [-0.3, -0.25) is 9.78 Å². The average Bonchev–Trinajstić information content (AvgIpc) is 3.25. The summed E-state index contributed by atoms with van der Waals surface area (Å²) in [7, 11) is 0. The van der Waals surface area contributed by atoms with Gasteiger partial charge in [-0.15, -0.1) is 0 Å². The van der Waals surface area contributed by atoms with E-state index in [2.05, 4.69) is 15.3 Å². The highest BCUT2D eigenvalue weighted by Crippen LogP contribution is 2.39. The number of aromatic nitrogens is 2. The summed E-state index contributed by atoms with van der Waals surface area (Å²) >= 11 is 0. The summed E-state index contributed by atoms with van der Waals surface area (Å²) < 4.78 is 22.9. The molecule has 0 aliphatic rings. The van der Waals surface area contributed by atoms with Gasteiger partial charge < -0.3 is 23.9 Å². The number of pyridine rings is 1. The lowest BCUT2D eigenvalue weighted by atomic mass is 10.1. The van der Waals surface area contributed by atoms with Crippen molar-refractivity contribution in [2.24, 2.45) is 0 Å².